The van der Waals surface area contributed by atoms with Crippen molar-refractivity contribution in [3.8, 4) is 0 Å². The first-order valence-electron chi connectivity index (χ1n) is 7.10. The Hall–Kier alpha value is -1.38. The van der Waals surface area contributed by atoms with Crippen LogP contribution in [0.1, 0.15) is 19.3 Å². The number of methoxy groups -OCH3 is 1. The fourth-order valence-corrected chi connectivity index (χ4v) is 1.93. The van der Waals surface area contributed by atoms with Crippen LogP contribution in [0.4, 0.5) is 4.79 Å². The summed E-state index contributed by atoms with van der Waals surface area (Å²) >= 11 is 0. The molecule has 0 bridgehead atoms. The highest BCUT2D eigenvalue weighted by molar-refractivity contribution is 5.74. The number of carbonyl (C=O) groups excluding carboxylic acids is 1. The number of carboxylic acid groups (broad SMARTS) is 1. The van der Waals surface area contributed by atoms with Crippen molar-refractivity contribution in [2.75, 3.05) is 40.0 Å². The van der Waals surface area contributed by atoms with Gasteiger partial charge in [0.15, 0.2) is 6.10 Å². The third-order valence-electron chi connectivity index (χ3n) is 3.06. The molecule has 2 atom stereocenters. The van der Waals surface area contributed by atoms with Crippen LogP contribution >= 0.6 is 0 Å². The van der Waals surface area contributed by atoms with Crippen molar-refractivity contribution >= 4 is 12.0 Å². The summed E-state index contributed by atoms with van der Waals surface area (Å²) in [5.41, 5.74) is 0. The lowest BCUT2D eigenvalue weighted by Gasteiger charge is -2.13. The molecule has 1 aliphatic heterocycles. The lowest BCUT2D eigenvalue weighted by Crippen LogP contribution is -2.40. The molecule has 2 amide bonds. The predicted molar refractivity (Wildman–Crippen MR) is 74.2 cm³/mol. The van der Waals surface area contributed by atoms with Gasteiger partial charge in [0.2, 0.25) is 0 Å². The van der Waals surface area contributed by atoms with Gasteiger partial charge in [-0.05, 0) is 19.3 Å². The SMILES string of the molecule is COCCOCCCNC(=O)NCC1CCC(C(=O)O)O1. The molecule has 8 heteroatoms. The van der Waals surface area contributed by atoms with Crippen molar-refractivity contribution in [2.24, 2.45) is 0 Å². The number of hydrogen-bond donors (Lipinski definition) is 3. The quantitative estimate of drug-likeness (QED) is 0.489. The average Bonchev–Trinajstić information content (AvgIpc) is 2.93. The summed E-state index contributed by atoms with van der Waals surface area (Å²) in [7, 11) is 1.61. The molecule has 122 valence electrons. The Labute approximate surface area is 124 Å². The lowest BCUT2D eigenvalue weighted by molar-refractivity contribution is -0.149. The number of nitrogens with one attached hydrogen (secondary N) is 2. The third kappa shape index (κ3) is 7.84. The van der Waals surface area contributed by atoms with Crippen molar-refractivity contribution in [1.29, 1.82) is 0 Å². The molecule has 1 heterocycles. The Bertz CT molecular complexity index is 326. The minimum absolute atomic E-state index is 0.228. The molecule has 1 rings (SSSR count). The summed E-state index contributed by atoms with van der Waals surface area (Å²) in [6.45, 7) is 2.51. The minimum atomic E-state index is -0.949. The van der Waals surface area contributed by atoms with Crippen molar-refractivity contribution < 1.29 is 28.9 Å². The van der Waals surface area contributed by atoms with Gasteiger partial charge >= 0.3 is 12.0 Å². The lowest BCUT2D eigenvalue weighted by atomic mass is 10.2. The zero-order valence-corrected chi connectivity index (χ0v) is 12.3. The Morgan fingerprint density at radius 1 is 1.24 bits per heavy atom. The van der Waals surface area contributed by atoms with Gasteiger partial charge in [0.05, 0.1) is 19.3 Å². The molecule has 0 aromatic rings. The van der Waals surface area contributed by atoms with E-state index in [-0.39, 0.29) is 12.1 Å². The van der Waals surface area contributed by atoms with E-state index < -0.39 is 12.1 Å². The van der Waals surface area contributed by atoms with Crippen molar-refractivity contribution in [2.45, 2.75) is 31.5 Å². The van der Waals surface area contributed by atoms with Crippen LogP contribution < -0.4 is 10.6 Å². The first-order valence-corrected chi connectivity index (χ1v) is 7.10. The second-order valence-electron chi connectivity index (χ2n) is 4.76. The number of ether oxygens (including phenoxy) is 3. The molecule has 1 aliphatic rings. The van der Waals surface area contributed by atoms with Gasteiger partial charge in [-0.25, -0.2) is 9.59 Å². The molecule has 0 saturated carbocycles. The van der Waals surface area contributed by atoms with Crippen LogP contribution in [-0.4, -0.2) is 69.3 Å². The Morgan fingerprint density at radius 3 is 2.71 bits per heavy atom. The predicted octanol–water partition coefficient (Wildman–Crippen LogP) is -0.0291. The Morgan fingerprint density at radius 2 is 2.05 bits per heavy atom. The van der Waals surface area contributed by atoms with Gasteiger partial charge in [0.1, 0.15) is 0 Å². The number of aliphatic carboxylic acids is 1. The van der Waals surface area contributed by atoms with Crippen LogP contribution in [0.2, 0.25) is 0 Å². The molecule has 0 aromatic heterocycles. The van der Waals surface area contributed by atoms with Crippen LogP contribution in [-0.2, 0) is 19.0 Å². The molecule has 21 heavy (non-hydrogen) atoms. The normalized spacial score (nSPS) is 21.2. The van der Waals surface area contributed by atoms with E-state index in [2.05, 4.69) is 10.6 Å². The number of carboxylic acids is 1. The van der Waals surface area contributed by atoms with Crippen molar-refractivity contribution in [3.63, 3.8) is 0 Å². The maximum atomic E-state index is 11.5. The molecule has 0 spiro atoms. The van der Waals surface area contributed by atoms with E-state index in [0.29, 0.717) is 45.8 Å². The van der Waals surface area contributed by atoms with Crippen LogP contribution in [0.3, 0.4) is 0 Å². The molecule has 1 fully saturated rings. The number of amides is 2. The average molecular weight is 304 g/mol. The topological polar surface area (TPSA) is 106 Å². The van der Waals surface area contributed by atoms with E-state index in [4.69, 9.17) is 19.3 Å². The number of carbonyl (C=O) groups is 2. The molecule has 0 aromatic carbocycles. The molecular formula is C13H24N2O6. The van der Waals surface area contributed by atoms with E-state index in [0.717, 1.165) is 6.42 Å². The molecule has 2 unspecified atom stereocenters. The third-order valence-corrected chi connectivity index (χ3v) is 3.06. The van der Waals surface area contributed by atoms with E-state index in [1.54, 1.807) is 7.11 Å². The molecule has 8 nitrogen and oxygen atoms in total. The van der Waals surface area contributed by atoms with Crippen LogP contribution in [0.25, 0.3) is 0 Å². The number of urea groups is 1. The standard InChI is InChI=1S/C13H24N2O6/c1-19-7-8-20-6-2-5-14-13(18)15-9-10-3-4-11(21-10)12(16)17/h10-11H,2-9H2,1H3,(H,16,17)(H2,14,15,18). The Balaban J connectivity index is 1.96. The fourth-order valence-electron chi connectivity index (χ4n) is 1.93. The summed E-state index contributed by atoms with van der Waals surface area (Å²) in [6.07, 6.45) is 0.878. The first-order chi connectivity index (χ1) is 10.1. The first kappa shape index (κ1) is 17.7. The van der Waals surface area contributed by atoms with Crippen LogP contribution in [0, 0.1) is 0 Å². The summed E-state index contributed by atoms with van der Waals surface area (Å²) in [5.74, 6) is -0.949. The van der Waals surface area contributed by atoms with E-state index in [1.807, 2.05) is 0 Å². The molecule has 1 saturated heterocycles. The van der Waals surface area contributed by atoms with Gasteiger partial charge in [0.25, 0.3) is 0 Å². The van der Waals surface area contributed by atoms with Gasteiger partial charge < -0.3 is 30.0 Å². The van der Waals surface area contributed by atoms with Crippen molar-refractivity contribution in [3.05, 3.63) is 0 Å². The fraction of sp³-hybridized carbons (Fsp3) is 0.846. The molecule has 0 radical (unpaired) electrons. The summed E-state index contributed by atoms with van der Waals surface area (Å²) < 4.78 is 15.4. The van der Waals surface area contributed by atoms with E-state index in [9.17, 15) is 9.59 Å². The summed E-state index contributed by atoms with van der Waals surface area (Å²) in [4.78, 5) is 22.2. The molecular weight excluding hydrogens is 280 g/mol. The van der Waals surface area contributed by atoms with E-state index in [1.165, 1.54) is 0 Å². The van der Waals surface area contributed by atoms with Gasteiger partial charge in [-0.15, -0.1) is 0 Å². The van der Waals surface area contributed by atoms with Crippen LogP contribution in [0.5, 0.6) is 0 Å². The highest BCUT2D eigenvalue weighted by Gasteiger charge is 2.30. The van der Waals surface area contributed by atoms with Crippen LogP contribution in [0.15, 0.2) is 0 Å². The van der Waals surface area contributed by atoms with Gasteiger partial charge in [-0.2, -0.15) is 0 Å². The van der Waals surface area contributed by atoms with Crippen molar-refractivity contribution in [1.82, 2.24) is 10.6 Å². The van der Waals surface area contributed by atoms with E-state index >= 15 is 0 Å². The summed E-state index contributed by atoms with van der Waals surface area (Å²) in [6, 6.07) is -0.283. The maximum Gasteiger partial charge on any atom is 0.332 e. The highest BCUT2D eigenvalue weighted by atomic mass is 16.5. The second kappa shape index (κ2) is 10.4. The highest BCUT2D eigenvalue weighted by Crippen LogP contribution is 2.18. The molecule has 0 aliphatic carbocycles. The largest absolute Gasteiger partial charge is 0.479 e. The number of hydrogen-bond acceptors (Lipinski definition) is 5. The monoisotopic (exact) mass is 304 g/mol. The maximum absolute atomic E-state index is 11.5. The zero-order chi connectivity index (χ0) is 15.5. The number of rotatable bonds is 10. The summed E-state index contributed by atoms with van der Waals surface area (Å²) in [5, 5.41) is 14.1. The van der Waals surface area contributed by atoms with Gasteiger partial charge in [-0.3, -0.25) is 0 Å². The second-order valence-corrected chi connectivity index (χ2v) is 4.76. The van der Waals surface area contributed by atoms with Gasteiger partial charge in [-0.1, -0.05) is 0 Å². The minimum Gasteiger partial charge on any atom is -0.479 e. The Kier molecular flexibility index (Phi) is 8.72. The molecule has 3 N–H and O–H groups in total. The smallest absolute Gasteiger partial charge is 0.332 e. The zero-order valence-electron chi connectivity index (χ0n) is 12.3. The van der Waals surface area contributed by atoms with Gasteiger partial charge in [0, 0.05) is 26.8 Å².